The molecular formula is C30H28O9. The maximum atomic E-state index is 13.2. The van der Waals surface area contributed by atoms with Crippen molar-refractivity contribution in [2.24, 2.45) is 0 Å². The molecule has 4 rings (SSSR count). The third-order valence-electron chi connectivity index (χ3n) is 6.22. The first-order valence-electron chi connectivity index (χ1n) is 12.3. The Morgan fingerprint density at radius 3 is 1.67 bits per heavy atom. The SMILES string of the molecule is CC(=O)OC1OC(C(C)OC(=O)c2ccccc2)C(OC(=O)c2ccccc2)C1(C)OC(=O)c1ccccc1. The van der Waals surface area contributed by atoms with Crippen molar-refractivity contribution >= 4 is 23.9 Å². The third-order valence-corrected chi connectivity index (χ3v) is 6.22. The maximum absolute atomic E-state index is 13.2. The van der Waals surface area contributed by atoms with Crippen LogP contribution in [-0.2, 0) is 28.5 Å². The van der Waals surface area contributed by atoms with Gasteiger partial charge in [0.25, 0.3) is 0 Å². The second-order valence-corrected chi connectivity index (χ2v) is 9.15. The second kappa shape index (κ2) is 11.9. The molecule has 1 aliphatic heterocycles. The smallest absolute Gasteiger partial charge is 0.339 e. The van der Waals surface area contributed by atoms with Gasteiger partial charge in [0.2, 0.25) is 11.9 Å². The van der Waals surface area contributed by atoms with Crippen molar-refractivity contribution in [1.29, 1.82) is 0 Å². The predicted octanol–water partition coefficient (Wildman–Crippen LogP) is 4.36. The van der Waals surface area contributed by atoms with Crippen molar-refractivity contribution in [3.8, 4) is 0 Å². The summed E-state index contributed by atoms with van der Waals surface area (Å²) in [6.07, 6.45) is -4.98. The average molecular weight is 533 g/mol. The molecule has 9 nitrogen and oxygen atoms in total. The van der Waals surface area contributed by atoms with E-state index in [-0.39, 0.29) is 11.1 Å². The van der Waals surface area contributed by atoms with Crippen LogP contribution in [0.25, 0.3) is 0 Å². The van der Waals surface area contributed by atoms with Crippen LogP contribution in [0.5, 0.6) is 0 Å². The summed E-state index contributed by atoms with van der Waals surface area (Å²) >= 11 is 0. The van der Waals surface area contributed by atoms with Gasteiger partial charge in [-0.1, -0.05) is 54.6 Å². The molecule has 3 aromatic carbocycles. The Hall–Kier alpha value is -4.50. The van der Waals surface area contributed by atoms with Crippen molar-refractivity contribution < 1.29 is 42.9 Å². The van der Waals surface area contributed by atoms with Crippen LogP contribution in [0.2, 0.25) is 0 Å². The molecule has 0 saturated carbocycles. The van der Waals surface area contributed by atoms with Gasteiger partial charge in [-0.3, -0.25) is 4.79 Å². The van der Waals surface area contributed by atoms with Crippen LogP contribution in [-0.4, -0.2) is 54.1 Å². The molecule has 5 atom stereocenters. The Kier molecular flexibility index (Phi) is 8.41. The van der Waals surface area contributed by atoms with Crippen LogP contribution in [0.1, 0.15) is 51.8 Å². The number of esters is 4. The van der Waals surface area contributed by atoms with Crippen LogP contribution in [0.4, 0.5) is 0 Å². The van der Waals surface area contributed by atoms with Gasteiger partial charge in [0.15, 0.2) is 6.10 Å². The lowest BCUT2D eigenvalue weighted by Gasteiger charge is -2.34. The summed E-state index contributed by atoms with van der Waals surface area (Å²) in [7, 11) is 0. The molecule has 0 amide bonds. The van der Waals surface area contributed by atoms with E-state index in [1.807, 2.05) is 0 Å². The molecular weight excluding hydrogens is 504 g/mol. The van der Waals surface area contributed by atoms with E-state index < -0.39 is 54.1 Å². The molecule has 39 heavy (non-hydrogen) atoms. The van der Waals surface area contributed by atoms with Crippen LogP contribution < -0.4 is 0 Å². The summed E-state index contributed by atoms with van der Waals surface area (Å²) in [6.45, 7) is 4.15. The summed E-state index contributed by atoms with van der Waals surface area (Å²) in [6, 6.07) is 24.7. The molecule has 5 unspecified atom stereocenters. The van der Waals surface area contributed by atoms with Gasteiger partial charge in [-0.2, -0.15) is 0 Å². The summed E-state index contributed by atoms with van der Waals surface area (Å²) in [5, 5.41) is 0. The number of rotatable bonds is 8. The van der Waals surface area contributed by atoms with Gasteiger partial charge in [-0.15, -0.1) is 0 Å². The van der Waals surface area contributed by atoms with Gasteiger partial charge >= 0.3 is 23.9 Å². The molecule has 1 aliphatic rings. The molecule has 0 spiro atoms. The Morgan fingerprint density at radius 2 is 1.18 bits per heavy atom. The summed E-state index contributed by atoms with van der Waals surface area (Å²) < 4.78 is 28.7. The van der Waals surface area contributed by atoms with Gasteiger partial charge in [-0.05, 0) is 50.2 Å². The quantitative estimate of drug-likeness (QED) is 0.308. The van der Waals surface area contributed by atoms with Crippen molar-refractivity contribution in [2.75, 3.05) is 0 Å². The zero-order chi connectivity index (χ0) is 28.0. The van der Waals surface area contributed by atoms with Gasteiger partial charge in [0.05, 0.1) is 16.7 Å². The summed E-state index contributed by atoms with van der Waals surface area (Å²) in [5.41, 5.74) is -1.05. The third kappa shape index (κ3) is 6.32. The normalized spacial score (nSPS) is 22.8. The average Bonchev–Trinajstić information content (AvgIpc) is 3.20. The Bertz CT molecular complexity index is 1310. The molecule has 1 saturated heterocycles. The highest BCUT2D eigenvalue weighted by Crippen LogP contribution is 2.40. The van der Waals surface area contributed by atoms with E-state index in [2.05, 4.69) is 0 Å². The van der Waals surface area contributed by atoms with Crippen LogP contribution in [0, 0.1) is 0 Å². The lowest BCUT2D eigenvalue weighted by atomic mass is 9.94. The zero-order valence-electron chi connectivity index (χ0n) is 21.6. The molecule has 0 aromatic heterocycles. The van der Waals surface area contributed by atoms with E-state index in [1.165, 1.54) is 13.8 Å². The van der Waals surface area contributed by atoms with Gasteiger partial charge in [-0.25, -0.2) is 14.4 Å². The van der Waals surface area contributed by atoms with Crippen molar-refractivity contribution in [1.82, 2.24) is 0 Å². The molecule has 9 heteroatoms. The van der Waals surface area contributed by atoms with E-state index in [1.54, 1.807) is 97.9 Å². The molecule has 1 fully saturated rings. The minimum absolute atomic E-state index is 0.223. The van der Waals surface area contributed by atoms with Gasteiger partial charge in [0.1, 0.15) is 12.2 Å². The molecule has 1 heterocycles. The topological polar surface area (TPSA) is 114 Å². The first-order chi connectivity index (χ1) is 18.7. The van der Waals surface area contributed by atoms with Gasteiger partial charge in [0, 0.05) is 6.92 Å². The van der Waals surface area contributed by atoms with E-state index in [0.29, 0.717) is 5.56 Å². The fraction of sp³-hybridized carbons (Fsp3) is 0.267. The number of hydrogen-bond donors (Lipinski definition) is 0. The lowest BCUT2D eigenvalue weighted by molar-refractivity contribution is -0.208. The highest BCUT2D eigenvalue weighted by Gasteiger charge is 2.63. The first-order valence-corrected chi connectivity index (χ1v) is 12.3. The number of benzene rings is 3. The van der Waals surface area contributed by atoms with E-state index in [9.17, 15) is 19.2 Å². The number of carbonyl (C=O) groups excluding carboxylic acids is 4. The molecule has 202 valence electrons. The Balaban J connectivity index is 1.69. The lowest BCUT2D eigenvalue weighted by Crippen LogP contribution is -2.53. The van der Waals surface area contributed by atoms with Crippen molar-refractivity contribution in [3.05, 3.63) is 108 Å². The summed E-state index contributed by atoms with van der Waals surface area (Å²) in [5.74, 6) is -2.85. The van der Waals surface area contributed by atoms with Gasteiger partial charge < -0.3 is 23.7 Å². The molecule has 0 bridgehead atoms. The minimum atomic E-state index is -1.80. The molecule has 0 N–H and O–H groups in total. The largest absolute Gasteiger partial charge is 0.456 e. The molecule has 0 aliphatic carbocycles. The maximum Gasteiger partial charge on any atom is 0.339 e. The Labute approximate surface area is 225 Å². The van der Waals surface area contributed by atoms with E-state index in [4.69, 9.17) is 23.7 Å². The number of carbonyl (C=O) groups is 4. The number of hydrogen-bond acceptors (Lipinski definition) is 9. The van der Waals surface area contributed by atoms with Crippen LogP contribution in [0.15, 0.2) is 91.0 Å². The molecule has 0 radical (unpaired) electrons. The zero-order valence-corrected chi connectivity index (χ0v) is 21.6. The summed E-state index contributed by atoms with van der Waals surface area (Å²) in [4.78, 5) is 51.1. The van der Waals surface area contributed by atoms with Crippen LogP contribution in [0.3, 0.4) is 0 Å². The predicted molar refractivity (Wildman–Crippen MR) is 138 cm³/mol. The first kappa shape index (κ1) is 27.5. The monoisotopic (exact) mass is 532 g/mol. The highest BCUT2D eigenvalue weighted by atomic mass is 16.8. The highest BCUT2D eigenvalue weighted by molar-refractivity contribution is 5.91. The van der Waals surface area contributed by atoms with Crippen LogP contribution >= 0.6 is 0 Å². The molecule has 3 aromatic rings. The minimum Gasteiger partial charge on any atom is -0.456 e. The van der Waals surface area contributed by atoms with E-state index in [0.717, 1.165) is 0 Å². The second-order valence-electron chi connectivity index (χ2n) is 9.15. The number of ether oxygens (including phenoxy) is 5. The van der Waals surface area contributed by atoms with Crippen molar-refractivity contribution in [2.45, 2.75) is 51.0 Å². The van der Waals surface area contributed by atoms with E-state index >= 15 is 0 Å². The standard InChI is InChI=1S/C30H28O9/c1-19(35-26(32)21-13-7-4-8-14-21)24-25(38-27(33)22-15-9-5-10-16-22)30(3,29(37-24)36-20(2)31)39-28(34)23-17-11-6-12-18-23/h4-19,24-25,29H,1-3H3. The van der Waals surface area contributed by atoms with Crippen molar-refractivity contribution in [3.63, 3.8) is 0 Å². The fourth-order valence-electron chi connectivity index (χ4n) is 4.22. The Morgan fingerprint density at radius 1 is 0.718 bits per heavy atom. The fourth-order valence-corrected chi connectivity index (χ4v) is 4.22.